The van der Waals surface area contributed by atoms with Gasteiger partial charge in [-0.05, 0) is 38.8 Å². The van der Waals surface area contributed by atoms with Crippen LogP contribution in [0, 0.1) is 6.92 Å². The van der Waals surface area contributed by atoms with Crippen LogP contribution in [0.4, 0.5) is 0 Å². The molecule has 4 nitrogen and oxygen atoms in total. The van der Waals surface area contributed by atoms with E-state index < -0.39 is 0 Å². The minimum Gasteiger partial charge on any atom is -0.506 e. The fourth-order valence-corrected chi connectivity index (χ4v) is 2.11. The van der Waals surface area contributed by atoms with E-state index in [0.717, 1.165) is 0 Å². The van der Waals surface area contributed by atoms with Gasteiger partial charge in [0.2, 0.25) is 0 Å². The van der Waals surface area contributed by atoms with E-state index in [2.05, 4.69) is 0 Å². The van der Waals surface area contributed by atoms with Crippen LogP contribution < -0.4 is 0 Å². The number of carbonyl (C=O) groups excluding carboxylic acids is 3. The average molecular weight is 248 g/mol. The normalized spacial score (nSPS) is 10.2. The van der Waals surface area contributed by atoms with Crippen LogP contribution in [-0.4, -0.2) is 22.5 Å². The number of benzene rings is 1. The Balaban J connectivity index is 3.60. The molecule has 0 saturated carbocycles. The zero-order valence-corrected chi connectivity index (χ0v) is 11.0. The zero-order chi connectivity index (χ0) is 14.0. The first-order chi connectivity index (χ1) is 8.25. The van der Waals surface area contributed by atoms with E-state index in [4.69, 9.17) is 0 Å². The van der Waals surface area contributed by atoms with E-state index in [1.54, 1.807) is 13.0 Å². The first kappa shape index (κ1) is 14.1. The number of Topliss-reactive ketones (excluding diaryl/α,β-unsaturated/α-hetero) is 3. The minimum absolute atomic E-state index is 0.0704. The molecule has 1 N–H and O–H groups in total. The maximum absolute atomic E-state index is 11.6. The van der Waals surface area contributed by atoms with Crippen LogP contribution in [0.1, 0.15) is 52.6 Å². The molecule has 0 aliphatic carbocycles. The van der Waals surface area contributed by atoms with Gasteiger partial charge in [0.15, 0.2) is 11.6 Å². The van der Waals surface area contributed by atoms with Gasteiger partial charge < -0.3 is 5.11 Å². The smallest absolute Gasteiger partial charge is 0.163 e. The van der Waals surface area contributed by atoms with Gasteiger partial charge >= 0.3 is 0 Å². The van der Waals surface area contributed by atoms with Crippen molar-refractivity contribution in [1.29, 1.82) is 0 Å². The molecule has 0 aromatic heterocycles. The molecule has 0 amide bonds. The highest BCUT2D eigenvalue weighted by molar-refractivity contribution is 6.06. The van der Waals surface area contributed by atoms with Crippen LogP contribution in [0.5, 0.6) is 5.75 Å². The van der Waals surface area contributed by atoms with Crippen molar-refractivity contribution in [3.63, 3.8) is 0 Å². The Morgan fingerprint density at radius 3 is 1.94 bits per heavy atom. The largest absolute Gasteiger partial charge is 0.506 e. The third-order valence-electron chi connectivity index (χ3n) is 2.72. The maximum Gasteiger partial charge on any atom is 0.163 e. The number of phenols is 1. The first-order valence-electron chi connectivity index (χ1n) is 5.62. The number of carbonyl (C=O) groups is 3. The second-order valence-electron chi connectivity index (χ2n) is 4.44. The molecule has 0 bridgehead atoms. The van der Waals surface area contributed by atoms with E-state index >= 15 is 0 Å². The quantitative estimate of drug-likeness (QED) is 0.829. The van der Waals surface area contributed by atoms with Gasteiger partial charge in [0.1, 0.15) is 11.5 Å². The molecule has 0 atom stereocenters. The van der Waals surface area contributed by atoms with Crippen LogP contribution in [0.15, 0.2) is 6.07 Å². The molecule has 0 unspecified atom stereocenters. The molecule has 1 aromatic rings. The molecule has 0 aliphatic heterocycles. The summed E-state index contributed by atoms with van der Waals surface area (Å²) in [6, 6.07) is 1.62. The lowest BCUT2D eigenvalue weighted by molar-refractivity contribution is -0.116. The van der Waals surface area contributed by atoms with E-state index in [1.165, 1.54) is 20.8 Å². The summed E-state index contributed by atoms with van der Waals surface area (Å²) in [7, 11) is 0. The monoisotopic (exact) mass is 248 g/mol. The van der Waals surface area contributed by atoms with Crippen molar-refractivity contribution in [2.24, 2.45) is 0 Å². The summed E-state index contributed by atoms with van der Waals surface area (Å²) in [6.45, 7) is 5.72. The van der Waals surface area contributed by atoms with Crippen molar-refractivity contribution >= 4 is 17.3 Å². The molecule has 1 rings (SSSR count). The third-order valence-corrected chi connectivity index (χ3v) is 2.72. The molecule has 0 radical (unpaired) electrons. The van der Waals surface area contributed by atoms with Gasteiger partial charge in [-0.25, -0.2) is 0 Å². The van der Waals surface area contributed by atoms with Crippen LogP contribution in [0.3, 0.4) is 0 Å². The Hall–Kier alpha value is -1.97. The molecular formula is C14H16O4. The van der Waals surface area contributed by atoms with Gasteiger partial charge in [-0.3, -0.25) is 14.4 Å². The summed E-state index contributed by atoms with van der Waals surface area (Å²) in [5, 5.41) is 10.1. The Kier molecular flexibility index (Phi) is 4.01. The number of rotatable bonds is 4. The van der Waals surface area contributed by atoms with Gasteiger partial charge in [0.05, 0.1) is 11.1 Å². The van der Waals surface area contributed by atoms with Crippen molar-refractivity contribution in [2.75, 3.05) is 0 Å². The topological polar surface area (TPSA) is 71.4 Å². The first-order valence-corrected chi connectivity index (χ1v) is 5.62. The molecule has 0 aliphatic rings. The zero-order valence-electron chi connectivity index (χ0n) is 11.0. The lowest BCUT2D eigenvalue weighted by Crippen LogP contribution is -2.09. The van der Waals surface area contributed by atoms with E-state index in [1.807, 2.05) is 0 Å². The number of phenolic OH excluding ortho intramolecular Hbond substituents is 1. The number of hydrogen-bond acceptors (Lipinski definition) is 4. The predicted molar refractivity (Wildman–Crippen MR) is 67.2 cm³/mol. The summed E-state index contributed by atoms with van der Waals surface area (Å²) < 4.78 is 0. The summed E-state index contributed by atoms with van der Waals surface area (Å²) >= 11 is 0. The molecule has 0 saturated heterocycles. The fraction of sp³-hybridized carbons (Fsp3) is 0.357. The maximum atomic E-state index is 11.6. The number of aryl methyl sites for hydroxylation is 1. The number of aromatic hydroxyl groups is 1. The van der Waals surface area contributed by atoms with Crippen LogP contribution >= 0.6 is 0 Å². The molecule has 0 fully saturated rings. The number of ketones is 3. The molecule has 18 heavy (non-hydrogen) atoms. The summed E-state index contributed by atoms with van der Waals surface area (Å²) in [5.41, 5.74) is 1.25. The van der Waals surface area contributed by atoms with Gasteiger partial charge in [-0.1, -0.05) is 6.07 Å². The fourth-order valence-electron chi connectivity index (χ4n) is 2.11. The van der Waals surface area contributed by atoms with E-state index in [9.17, 15) is 19.5 Å². The highest BCUT2D eigenvalue weighted by Gasteiger charge is 2.21. The highest BCUT2D eigenvalue weighted by atomic mass is 16.3. The van der Waals surface area contributed by atoms with E-state index in [0.29, 0.717) is 11.1 Å². The standard InChI is InChI=1S/C14H16O4/c1-7-5-11(6-8(2)15)13(10(4)17)14(18)12(7)9(3)16/h5,18H,6H2,1-4H3. The Morgan fingerprint density at radius 2 is 1.56 bits per heavy atom. The summed E-state index contributed by atoms with van der Waals surface area (Å²) in [5.74, 6) is -1.08. The molecule has 4 heteroatoms. The second-order valence-corrected chi connectivity index (χ2v) is 4.44. The molecule has 0 spiro atoms. The second kappa shape index (κ2) is 5.12. The average Bonchev–Trinajstić information content (AvgIpc) is 2.13. The SMILES string of the molecule is CC(=O)Cc1cc(C)c(C(C)=O)c(O)c1C(C)=O. The third kappa shape index (κ3) is 2.64. The Morgan fingerprint density at radius 1 is 1.06 bits per heavy atom. The highest BCUT2D eigenvalue weighted by Crippen LogP contribution is 2.30. The predicted octanol–water partition coefficient (Wildman–Crippen LogP) is 2.24. The van der Waals surface area contributed by atoms with Crippen LogP contribution in [-0.2, 0) is 11.2 Å². The molecule has 96 valence electrons. The summed E-state index contributed by atoms with van der Waals surface area (Å²) in [6.07, 6.45) is 0.0709. The van der Waals surface area contributed by atoms with Crippen molar-refractivity contribution in [3.05, 3.63) is 28.3 Å². The van der Waals surface area contributed by atoms with Gasteiger partial charge in [0.25, 0.3) is 0 Å². The Bertz CT molecular complexity index is 541. The molecular weight excluding hydrogens is 232 g/mol. The minimum atomic E-state index is -0.355. The molecule has 1 aromatic carbocycles. The lowest BCUT2D eigenvalue weighted by Gasteiger charge is -2.13. The molecule has 0 heterocycles. The van der Waals surface area contributed by atoms with Gasteiger partial charge in [-0.15, -0.1) is 0 Å². The van der Waals surface area contributed by atoms with Crippen molar-refractivity contribution in [3.8, 4) is 5.75 Å². The number of hydrogen-bond donors (Lipinski definition) is 1. The van der Waals surface area contributed by atoms with Crippen molar-refractivity contribution in [2.45, 2.75) is 34.1 Å². The van der Waals surface area contributed by atoms with Crippen LogP contribution in [0.25, 0.3) is 0 Å². The summed E-state index contributed by atoms with van der Waals surface area (Å²) in [4.78, 5) is 34.2. The van der Waals surface area contributed by atoms with Crippen molar-refractivity contribution < 1.29 is 19.5 Å². The van der Waals surface area contributed by atoms with Gasteiger partial charge in [0, 0.05) is 6.42 Å². The van der Waals surface area contributed by atoms with Crippen LogP contribution in [0.2, 0.25) is 0 Å². The van der Waals surface area contributed by atoms with E-state index in [-0.39, 0.29) is 40.6 Å². The van der Waals surface area contributed by atoms with Crippen molar-refractivity contribution in [1.82, 2.24) is 0 Å². The lowest BCUT2D eigenvalue weighted by atomic mass is 9.91. The Labute approximate surface area is 106 Å². The van der Waals surface area contributed by atoms with Gasteiger partial charge in [-0.2, -0.15) is 0 Å².